The summed E-state index contributed by atoms with van der Waals surface area (Å²) in [5, 5.41) is 6.66. The minimum Gasteiger partial charge on any atom is -0.497 e. The van der Waals surface area contributed by atoms with E-state index in [1.54, 1.807) is 19.2 Å². The van der Waals surface area contributed by atoms with E-state index in [4.69, 9.17) is 29.2 Å². The van der Waals surface area contributed by atoms with Gasteiger partial charge < -0.3 is 15.4 Å². The normalized spacial score (nSPS) is 9.75. The molecule has 0 bridgehead atoms. The zero-order valence-corrected chi connectivity index (χ0v) is 14.6. The highest BCUT2D eigenvalue weighted by Crippen LogP contribution is 2.11. The first kappa shape index (κ1) is 17.9. The number of hydrazine groups is 1. The smallest absolute Gasteiger partial charge is 0.189 e. The van der Waals surface area contributed by atoms with Crippen molar-refractivity contribution in [3.63, 3.8) is 0 Å². The van der Waals surface area contributed by atoms with Gasteiger partial charge in [0.25, 0.3) is 0 Å². The summed E-state index contributed by atoms with van der Waals surface area (Å²) in [6.45, 7) is 0.565. The average molecular weight is 364 g/mol. The Morgan fingerprint density at radius 2 is 1.58 bits per heavy atom. The second-order valence-electron chi connectivity index (χ2n) is 4.74. The van der Waals surface area contributed by atoms with Gasteiger partial charge in [-0.15, -0.1) is 0 Å². The minimum absolute atomic E-state index is 0.304. The fourth-order valence-electron chi connectivity index (χ4n) is 1.78. The molecule has 0 saturated heterocycles. The first-order valence-electron chi connectivity index (χ1n) is 7.06. The van der Waals surface area contributed by atoms with Crippen molar-refractivity contribution < 1.29 is 9.13 Å². The topological polar surface area (TPSA) is 57.4 Å². The predicted molar refractivity (Wildman–Crippen MR) is 101 cm³/mol. The van der Waals surface area contributed by atoms with Crippen LogP contribution >= 0.6 is 24.4 Å². The molecule has 0 aliphatic carbocycles. The zero-order valence-electron chi connectivity index (χ0n) is 12.9. The maximum absolute atomic E-state index is 12.8. The highest BCUT2D eigenvalue weighted by atomic mass is 32.1. The number of halogens is 1. The second kappa shape index (κ2) is 8.99. The van der Waals surface area contributed by atoms with Gasteiger partial charge in [-0.05, 0) is 66.4 Å². The molecule has 2 rings (SSSR count). The van der Waals surface area contributed by atoms with Gasteiger partial charge in [-0.3, -0.25) is 10.9 Å². The molecule has 0 spiro atoms. The number of hydrogen-bond donors (Lipinski definition) is 4. The third-order valence-electron chi connectivity index (χ3n) is 3.00. The van der Waals surface area contributed by atoms with Crippen LogP contribution in [-0.4, -0.2) is 17.3 Å². The number of rotatable bonds is 4. The molecule has 4 N–H and O–H groups in total. The molecule has 126 valence electrons. The van der Waals surface area contributed by atoms with Crippen LogP contribution in [0.15, 0.2) is 48.5 Å². The minimum atomic E-state index is -0.304. The van der Waals surface area contributed by atoms with E-state index < -0.39 is 0 Å². The third-order valence-corrected chi connectivity index (χ3v) is 3.45. The lowest BCUT2D eigenvalue weighted by Gasteiger charge is -2.14. The molecule has 2 aromatic rings. The van der Waals surface area contributed by atoms with E-state index in [1.165, 1.54) is 12.1 Å². The molecular weight excluding hydrogens is 347 g/mol. The Hall–Kier alpha value is -2.45. The van der Waals surface area contributed by atoms with Crippen LogP contribution in [0.25, 0.3) is 0 Å². The average Bonchev–Trinajstić information content (AvgIpc) is 2.60. The van der Waals surface area contributed by atoms with Crippen molar-refractivity contribution in [2.24, 2.45) is 0 Å². The quantitative estimate of drug-likeness (QED) is 0.492. The van der Waals surface area contributed by atoms with E-state index in [9.17, 15) is 4.39 Å². The largest absolute Gasteiger partial charge is 0.497 e. The van der Waals surface area contributed by atoms with Gasteiger partial charge in [-0.2, -0.15) is 0 Å². The van der Waals surface area contributed by atoms with E-state index in [0.29, 0.717) is 22.5 Å². The standard InChI is InChI=1S/C16H17FN4OS2/c1-22-14-8-2-11(3-9-14)10-18-15(23)20-21-16(24)19-13-6-4-12(17)5-7-13/h2-9H,10H2,1H3,(H2,18,20,23)(H2,19,21,24). The van der Waals surface area contributed by atoms with Crippen molar-refractivity contribution in [1.82, 2.24) is 16.2 Å². The van der Waals surface area contributed by atoms with Crippen molar-refractivity contribution in [2.75, 3.05) is 12.4 Å². The SMILES string of the molecule is COc1ccc(CNC(=S)NNC(=S)Nc2ccc(F)cc2)cc1. The number of hydrogen-bond acceptors (Lipinski definition) is 3. The van der Waals surface area contributed by atoms with Crippen LogP contribution in [0.5, 0.6) is 5.75 Å². The zero-order chi connectivity index (χ0) is 17.4. The maximum atomic E-state index is 12.8. The number of benzene rings is 2. The Kier molecular flexibility index (Phi) is 6.71. The van der Waals surface area contributed by atoms with Gasteiger partial charge in [-0.25, -0.2) is 4.39 Å². The van der Waals surface area contributed by atoms with Crippen LogP contribution in [0.3, 0.4) is 0 Å². The van der Waals surface area contributed by atoms with Crippen LogP contribution in [-0.2, 0) is 6.54 Å². The van der Waals surface area contributed by atoms with Crippen LogP contribution in [0, 0.1) is 5.82 Å². The number of thiocarbonyl (C=S) groups is 2. The Morgan fingerprint density at radius 3 is 2.21 bits per heavy atom. The molecular formula is C16H17FN4OS2. The lowest BCUT2D eigenvalue weighted by molar-refractivity contribution is 0.414. The summed E-state index contributed by atoms with van der Waals surface area (Å²) in [7, 11) is 1.63. The Balaban J connectivity index is 1.70. The number of anilines is 1. The molecule has 0 aliphatic rings. The van der Waals surface area contributed by atoms with Crippen LogP contribution in [0.2, 0.25) is 0 Å². The summed E-state index contributed by atoms with van der Waals surface area (Å²) in [5.74, 6) is 0.500. The van der Waals surface area contributed by atoms with E-state index >= 15 is 0 Å². The van der Waals surface area contributed by atoms with E-state index in [0.717, 1.165) is 11.3 Å². The first-order chi connectivity index (χ1) is 11.6. The summed E-state index contributed by atoms with van der Waals surface area (Å²) in [5.41, 5.74) is 7.26. The van der Waals surface area contributed by atoms with E-state index in [-0.39, 0.29) is 5.82 Å². The van der Waals surface area contributed by atoms with E-state index in [1.807, 2.05) is 24.3 Å². The molecule has 5 nitrogen and oxygen atoms in total. The van der Waals surface area contributed by atoms with Crippen molar-refractivity contribution in [3.8, 4) is 5.75 Å². The summed E-state index contributed by atoms with van der Waals surface area (Å²) < 4.78 is 17.9. The van der Waals surface area contributed by atoms with Crippen LogP contribution in [0.4, 0.5) is 10.1 Å². The van der Waals surface area contributed by atoms with E-state index in [2.05, 4.69) is 21.5 Å². The van der Waals surface area contributed by atoms with Gasteiger partial charge in [0, 0.05) is 12.2 Å². The monoisotopic (exact) mass is 364 g/mol. The molecule has 8 heteroatoms. The third kappa shape index (κ3) is 5.98. The lowest BCUT2D eigenvalue weighted by atomic mass is 10.2. The summed E-state index contributed by atoms with van der Waals surface area (Å²) in [4.78, 5) is 0. The van der Waals surface area contributed by atoms with Gasteiger partial charge in [0.05, 0.1) is 7.11 Å². The van der Waals surface area contributed by atoms with Crippen molar-refractivity contribution in [2.45, 2.75) is 6.54 Å². The Morgan fingerprint density at radius 1 is 0.958 bits per heavy atom. The Bertz CT molecular complexity index is 692. The maximum Gasteiger partial charge on any atom is 0.189 e. The van der Waals surface area contributed by atoms with Crippen molar-refractivity contribution in [1.29, 1.82) is 0 Å². The van der Waals surface area contributed by atoms with Crippen LogP contribution in [0.1, 0.15) is 5.56 Å². The van der Waals surface area contributed by atoms with Gasteiger partial charge in [0.15, 0.2) is 10.2 Å². The lowest BCUT2D eigenvalue weighted by Crippen LogP contribution is -2.47. The first-order valence-corrected chi connectivity index (χ1v) is 7.88. The number of methoxy groups -OCH3 is 1. The fraction of sp³-hybridized carbons (Fsp3) is 0.125. The molecule has 0 unspecified atom stereocenters. The van der Waals surface area contributed by atoms with Gasteiger partial charge in [0.1, 0.15) is 11.6 Å². The second-order valence-corrected chi connectivity index (χ2v) is 5.56. The van der Waals surface area contributed by atoms with Crippen LogP contribution < -0.4 is 26.2 Å². The van der Waals surface area contributed by atoms with Crippen molar-refractivity contribution >= 4 is 40.3 Å². The predicted octanol–water partition coefficient (Wildman–Crippen LogP) is 2.70. The molecule has 0 amide bonds. The molecule has 0 saturated carbocycles. The molecule has 2 aromatic carbocycles. The summed E-state index contributed by atoms with van der Waals surface area (Å²) >= 11 is 10.3. The number of nitrogens with one attached hydrogen (secondary N) is 4. The summed E-state index contributed by atoms with van der Waals surface area (Å²) in [6.07, 6.45) is 0. The van der Waals surface area contributed by atoms with Gasteiger partial charge in [0.2, 0.25) is 0 Å². The molecule has 0 aliphatic heterocycles. The Labute approximate surface area is 150 Å². The molecule has 24 heavy (non-hydrogen) atoms. The van der Waals surface area contributed by atoms with Gasteiger partial charge in [-0.1, -0.05) is 12.1 Å². The molecule has 0 aromatic heterocycles. The van der Waals surface area contributed by atoms with Crippen molar-refractivity contribution in [3.05, 3.63) is 59.9 Å². The molecule has 0 heterocycles. The molecule has 0 atom stereocenters. The fourth-order valence-corrected chi connectivity index (χ4v) is 2.07. The number of ether oxygens (including phenoxy) is 1. The molecule has 0 radical (unpaired) electrons. The molecule has 0 fully saturated rings. The van der Waals surface area contributed by atoms with Gasteiger partial charge >= 0.3 is 0 Å². The summed E-state index contributed by atoms with van der Waals surface area (Å²) in [6, 6.07) is 13.5. The highest BCUT2D eigenvalue weighted by molar-refractivity contribution is 7.80. The highest BCUT2D eigenvalue weighted by Gasteiger charge is 2.00.